The van der Waals surface area contributed by atoms with Crippen LogP contribution >= 0.6 is 0 Å². The third-order valence-corrected chi connectivity index (χ3v) is 6.17. The van der Waals surface area contributed by atoms with Crippen molar-refractivity contribution < 1.29 is 18.0 Å². The summed E-state index contributed by atoms with van der Waals surface area (Å²) in [4.78, 5) is 28.8. The highest BCUT2D eigenvalue weighted by Crippen LogP contribution is 2.25. The zero-order valence-corrected chi connectivity index (χ0v) is 16.3. The molecule has 1 rings (SSSR count). The molecule has 1 saturated heterocycles. The third kappa shape index (κ3) is 5.44. The fourth-order valence-electron chi connectivity index (χ4n) is 2.86. The first kappa shape index (κ1) is 20.9. The summed E-state index contributed by atoms with van der Waals surface area (Å²) < 4.78 is 23.4. The van der Waals surface area contributed by atoms with E-state index in [9.17, 15) is 18.0 Å². The summed E-state index contributed by atoms with van der Waals surface area (Å²) in [5.74, 6) is -0.520. The maximum absolute atomic E-state index is 12.8. The second kappa shape index (κ2) is 8.29. The molecular weight excluding hydrogens is 330 g/mol. The summed E-state index contributed by atoms with van der Waals surface area (Å²) in [6.45, 7) is 6.78. The van der Waals surface area contributed by atoms with E-state index >= 15 is 0 Å². The summed E-state index contributed by atoms with van der Waals surface area (Å²) in [6.07, 6.45) is 1.25. The normalized spacial score (nSPS) is 20.2. The Morgan fingerprint density at radius 1 is 1.25 bits per heavy atom. The van der Waals surface area contributed by atoms with Crippen molar-refractivity contribution in [1.82, 2.24) is 15.1 Å². The molecule has 0 radical (unpaired) electrons. The van der Waals surface area contributed by atoms with Crippen molar-refractivity contribution in [1.29, 1.82) is 0 Å². The Labute approximate surface area is 145 Å². The van der Waals surface area contributed by atoms with Crippen LogP contribution in [0.25, 0.3) is 0 Å². The predicted octanol–water partition coefficient (Wildman–Crippen LogP) is 0.116. The number of sulfone groups is 1. The summed E-state index contributed by atoms with van der Waals surface area (Å²) >= 11 is 0. The third-order valence-electron chi connectivity index (χ3n) is 4.42. The van der Waals surface area contributed by atoms with Crippen molar-refractivity contribution in [2.45, 2.75) is 39.7 Å². The van der Waals surface area contributed by atoms with Crippen LogP contribution in [0, 0.1) is 5.41 Å². The Hall–Kier alpha value is -1.15. The number of hydrogen-bond acceptors (Lipinski definition) is 5. The number of carbonyl (C=O) groups is 2. The molecule has 0 saturated carbocycles. The second-order valence-electron chi connectivity index (χ2n) is 7.19. The van der Waals surface area contributed by atoms with E-state index in [0.29, 0.717) is 19.5 Å². The largest absolute Gasteiger partial charge is 0.355 e. The van der Waals surface area contributed by atoms with Crippen LogP contribution in [-0.4, -0.2) is 81.3 Å². The van der Waals surface area contributed by atoms with E-state index in [1.54, 1.807) is 18.7 Å². The van der Waals surface area contributed by atoms with Crippen LogP contribution in [0.3, 0.4) is 0 Å². The van der Waals surface area contributed by atoms with Crippen LogP contribution < -0.4 is 5.32 Å². The molecule has 0 aromatic carbocycles. The highest BCUT2D eigenvalue weighted by atomic mass is 32.2. The van der Waals surface area contributed by atoms with E-state index in [2.05, 4.69) is 5.32 Å². The molecule has 140 valence electrons. The Morgan fingerprint density at radius 2 is 1.88 bits per heavy atom. The molecule has 0 aromatic rings. The molecule has 8 heteroatoms. The average molecular weight is 362 g/mol. The van der Waals surface area contributed by atoms with E-state index in [4.69, 9.17) is 0 Å². The van der Waals surface area contributed by atoms with Gasteiger partial charge in [-0.25, -0.2) is 8.42 Å². The minimum Gasteiger partial charge on any atom is -0.355 e. The van der Waals surface area contributed by atoms with Crippen LogP contribution in [0.4, 0.5) is 0 Å². The van der Waals surface area contributed by atoms with Crippen molar-refractivity contribution in [3.8, 4) is 0 Å². The van der Waals surface area contributed by atoms with Gasteiger partial charge in [-0.05, 0) is 54.3 Å². The minimum absolute atomic E-state index is 0.00683. The van der Waals surface area contributed by atoms with Gasteiger partial charge in [0.2, 0.25) is 11.8 Å². The Kier molecular flexibility index (Phi) is 7.22. The Balaban J connectivity index is 2.69. The van der Waals surface area contributed by atoms with Gasteiger partial charge in [0.1, 0.15) is 5.41 Å². The zero-order chi connectivity index (χ0) is 18.5. The lowest BCUT2D eigenvalue weighted by Crippen LogP contribution is -2.53. The number of hydrogen-bond donors (Lipinski definition) is 1. The van der Waals surface area contributed by atoms with Crippen LogP contribution in [0.15, 0.2) is 0 Å². The van der Waals surface area contributed by atoms with Crippen molar-refractivity contribution >= 4 is 21.7 Å². The number of carbonyl (C=O) groups excluding carboxylic acids is 2. The van der Waals surface area contributed by atoms with E-state index in [1.165, 1.54) is 0 Å². The predicted molar refractivity (Wildman–Crippen MR) is 94.4 cm³/mol. The lowest BCUT2D eigenvalue weighted by Gasteiger charge is -2.34. The van der Waals surface area contributed by atoms with Crippen molar-refractivity contribution in [2.24, 2.45) is 5.41 Å². The van der Waals surface area contributed by atoms with Gasteiger partial charge in [0.15, 0.2) is 9.84 Å². The van der Waals surface area contributed by atoms with E-state index in [0.717, 1.165) is 13.0 Å². The fourth-order valence-corrected chi connectivity index (χ4v) is 4.59. The van der Waals surface area contributed by atoms with Gasteiger partial charge < -0.3 is 15.1 Å². The van der Waals surface area contributed by atoms with Crippen LogP contribution in [0.5, 0.6) is 0 Å². The maximum atomic E-state index is 12.8. The minimum atomic E-state index is -3.07. The molecule has 1 heterocycles. The summed E-state index contributed by atoms with van der Waals surface area (Å²) in [5, 5.41) is 2.81. The molecule has 1 aliphatic rings. The maximum Gasteiger partial charge on any atom is 0.237 e. The van der Waals surface area contributed by atoms with Crippen molar-refractivity contribution in [3.63, 3.8) is 0 Å². The molecule has 1 atom stereocenters. The monoisotopic (exact) mass is 361 g/mol. The standard InChI is InChI=1S/C16H31N3O4S/c1-6-19(13-8-11-24(22,23)12-13)15(21)16(2,3)14(20)17-9-7-10-18(4)5/h13H,6-12H2,1-5H3,(H,17,20). The van der Waals surface area contributed by atoms with Gasteiger partial charge in [-0.2, -0.15) is 0 Å². The molecule has 0 aliphatic carbocycles. The Bertz CT molecular complexity index is 558. The van der Waals surface area contributed by atoms with Crippen LogP contribution in [-0.2, 0) is 19.4 Å². The molecule has 0 spiro atoms. The first-order chi connectivity index (χ1) is 11.0. The zero-order valence-electron chi connectivity index (χ0n) is 15.5. The molecule has 1 unspecified atom stereocenters. The smallest absolute Gasteiger partial charge is 0.237 e. The van der Waals surface area contributed by atoms with E-state index < -0.39 is 15.3 Å². The number of nitrogens with one attached hydrogen (secondary N) is 1. The Morgan fingerprint density at radius 3 is 2.33 bits per heavy atom. The highest BCUT2D eigenvalue weighted by molar-refractivity contribution is 7.91. The second-order valence-corrected chi connectivity index (χ2v) is 9.41. The van der Waals surface area contributed by atoms with E-state index in [1.807, 2.05) is 25.9 Å². The first-order valence-electron chi connectivity index (χ1n) is 8.45. The van der Waals surface area contributed by atoms with Gasteiger partial charge in [-0.1, -0.05) is 0 Å². The van der Waals surface area contributed by atoms with Crippen molar-refractivity contribution in [3.05, 3.63) is 0 Å². The van der Waals surface area contributed by atoms with Gasteiger partial charge in [-0.15, -0.1) is 0 Å². The fraction of sp³-hybridized carbons (Fsp3) is 0.875. The molecule has 0 bridgehead atoms. The number of amides is 2. The van der Waals surface area contributed by atoms with Crippen LogP contribution in [0.2, 0.25) is 0 Å². The van der Waals surface area contributed by atoms with Gasteiger partial charge >= 0.3 is 0 Å². The SMILES string of the molecule is CCN(C(=O)C(C)(C)C(=O)NCCCN(C)C)C1CCS(=O)(=O)C1. The van der Waals surface area contributed by atoms with Crippen LogP contribution in [0.1, 0.15) is 33.6 Å². The molecule has 1 N–H and O–H groups in total. The van der Waals surface area contributed by atoms with Gasteiger partial charge in [-0.3, -0.25) is 9.59 Å². The summed E-state index contributed by atoms with van der Waals surface area (Å²) in [6, 6.07) is -0.326. The van der Waals surface area contributed by atoms with Gasteiger partial charge in [0.05, 0.1) is 11.5 Å². The molecule has 0 aromatic heterocycles. The lowest BCUT2D eigenvalue weighted by atomic mass is 9.89. The average Bonchev–Trinajstić information content (AvgIpc) is 2.83. The summed E-state index contributed by atoms with van der Waals surface area (Å²) in [7, 11) is 0.850. The van der Waals surface area contributed by atoms with Crippen molar-refractivity contribution in [2.75, 3.05) is 45.2 Å². The summed E-state index contributed by atoms with van der Waals surface area (Å²) in [5.41, 5.74) is -1.21. The molecule has 1 aliphatic heterocycles. The number of rotatable bonds is 8. The van der Waals surface area contributed by atoms with E-state index in [-0.39, 0.29) is 29.4 Å². The molecule has 2 amide bonds. The number of nitrogens with zero attached hydrogens (tertiary/aromatic N) is 2. The molecular formula is C16H31N3O4S. The first-order valence-corrected chi connectivity index (χ1v) is 10.3. The topological polar surface area (TPSA) is 86.8 Å². The molecule has 1 fully saturated rings. The van der Waals surface area contributed by atoms with Gasteiger partial charge in [0.25, 0.3) is 0 Å². The lowest BCUT2D eigenvalue weighted by molar-refractivity contribution is -0.149. The quantitative estimate of drug-likeness (QED) is 0.490. The molecule has 7 nitrogen and oxygen atoms in total. The highest BCUT2D eigenvalue weighted by Gasteiger charge is 2.43. The molecule has 24 heavy (non-hydrogen) atoms. The van der Waals surface area contributed by atoms with Gasteiger partial charge in [0, 0.05) is 19.1 Å².